The molecule has 2 atom stereocenters. The van der Waals surface area contributed by atoms with Crippen LogP contribution in [0.3, 0.4) is 0 Å². The molecule has 0 spiro atoms. The first-order valence-electron chi connectivity index (χ1n) is 6.92. The lowest BCUT2D eigenvalue weighted by Gasteiger charge is -2.09. The molecule has 2 aromatic heterocycles. The average Bonchev–Trinajstić information content (AvgIpc) is 3.07. The van der Waals surface area contributed by atoms with Crippen molar-refractivity contribution >= 4 is 33.9 Å². The van der Waals surface area contributed by atoms with Crippen molar-refractivity contribution in [2.45, 2.75) is 44.6 Å². The third-order valence-electron chi connectivity index (χ3n) is 3.00. The topological polar surface area (TPSA) is 85.1 Å². The van der Waals surface area contributed by atoms with Crippen LogP contribution in [-0.2, 0) is 21.3 Å². The second kappa shape index (κ2) is 7.15. The van der Waals surface area contributed by atoms with Crippen LogP contribution in [0.25, 0.3) is 0 Å². The Morgan fingerprint density at radius 3 is 2.73 bits per heavy atom. The molecular weight excluding hydrogens is 322 g/mol. The van der Waals surface area contributed by atoms with Crippen molar-refractivity contribution in [2.75, 3.05) is 5.32 Å². The minimum Gasteiger partial charge on any atom is -0.360 e. The number of carbonyl (C=O) groups is 1. The Morgan fingerprint density at radius 1 is 1.45 bits per heavy atom. The Labute approximate surface area is 135 Å². The van der Waals surface area contributed by atoms with Gasteiger partial charge in [0.2, 0.25) is 5.91 Å². The normalized spacial score (nSPS) is 14.0. The van der Waals surface area contributed by atoms with Crippen molar-refractivity contribution in [3.8, 4) is 0 Å². The molecule has 2 aromatic rings. The van der Waals surface area contributed by atoms with E-state index in [-0.39, 0.29) is 11.7 Å². The number of hydrogen-bond acceptors (Lipinski definition) is 6. The highest BCUT2D eigenvalue weighted by atomic mass is 32.2. The van der Waals surface area contributed by atoms with Crippen molar-refractivity contribution in [1.82, 2.24) is 10.1 Å². The maximum absolute atomic E-state index is 12.3. The van der Waals surface area contributed by atoms with Gasteiger partial charge in [-0.25, -0.2) is 4.98 Å². The van der Waals surface area contributed by atoms with E-state index in [0.717, 1.165) is 10.7 Å². The van der Waals surface area contributed by atoms with Crippen LogP contribution in [0.2, 0.25) is 0 Å². The number of aromatic nitrogens is 2. The number of thiazole rings is 1. The fraction of sp³-hybridized carbons (Fsp3) is 0.500. The van der Waals surface area contributed by atoms with Gasteiger partial charge in [0, 0.05) is 28.2 Å². The zero-order valence-electron chi connectivity index (χ0n) is 13.0. The largest absolute Gasteiger partial charge is 0.360 e. The Bertz CT molecular complexity index is 678. The van der Waals surface area contributed by atoms with E-state index in [4.69, 9.17) is 4.52 Å². The zero-order chi connectivity index (χ0) is 16.3. The molecule has 22 heavy (non-hydrogen) atoms. The fourth-order valence-electron chi connectivity index (χ4n) is 1.70. The highest BCUT2D eigenvalue weighted by molar-refractivity contribution is 7.85. The van der Waals surface area contributed by atoms with Crippen molar-refractivity contribution in [1.29, 1.82) is 0 Å². The van der Waals surface area contributed by atoms with E-state index >= 15 is 0 Å². The number of aryl methyl sites for hydroxylation is 1. The molecule has 8 heteroatoms. The Morgan fingerprint density at radius 2 is 2.18 bits per heavy atom. The maximum atomic E-state index is 12.3. The minimum absolute atomic E-state index is 0.273. The van der Waals surface area contributed by atoms with Crippen LogP contribution in [0.15, 0.2) is 16.0 Å². The van der Waals surface area contributed by atoms with Crippen LogP contribution in [0.5, 0.6) is 0 Å². The fourth-order valence-corrected chi connectivity index (χ4v) is 3.62. The molecule has 0 aromatic carbocycles. The second-order valence-electron chi connectivity index (χ2n) is 5.31. The maximum Gasteiger partial charge on any atom is 0.241 e. The summed E-state index contributed by atoms with van der Waals surface area (Å²) in [5.41, 5.74) is 0.768. The molecule has 0 aliphatic carbocycles. The highest BCUT2D eigenvalue weighted by Gasteiger charge is 2.22. The van der Waals surface area contributed by atoms with Gasteiger partial charge in [-0.3, -0.25) is 9.00 Å². The number of amides is 1. The zero-order valence-corrected chi connectivity index (χ0v) is 14.6. The van der Waals surface area contributed by atoms with E-state index in [9.17, 15) is 9.00 Å². The molecule has 2 heterocycles. The third-order valence-corrected chi connectivity index (χ3v) is 5.77. The van der Waals surface area contributed by atoms with Gasteiger partial charge in [-0.15, -0.1) is 11.3 Å². The first-order chi connectivity index (χ1) is 10.4. The van der Waals surface area contributed by atoms with Crippen molar-refractivity contribution in [2.24, 2.45) is 0 Å². The molecule has 120 valence electrons. The van der Waals surface area contributed by atoms with Gasteiger partial charge >= 0.3 is 0 Å². The quantitative estimate of drug-likeness (QED) is 0.873. The van der Waals surface area contributed by atoms with Crippen LogP contribution < -0.4 is 5.32 Å². The molecule has 0 radical (unpaired) electrons. The lowest BCUT2D eigenvalue weighted by atomic mass is 10.2. The van der Waals surface area contributed by atoms with Gasteiger partial charge in [0.15, 0.2) is 5.82 Å². The number of hydrogen-bond donors (Lipinski definition) is 1. The smallest absolute Gasteiger partial charge is 0.241 e. The first kappa shape index (κ1) is 16.8. The minimum atomic E-state index is -1.34. The summed E-state index contributed by atoms with van der Waals surface area (Å²) < 4.78 is 17.2. The number of nitrogens with one attached hydrogen (secondary N) is 1. The average molecular weight is 341 g/mol. The SMILES string of the molecule is Cc1cc(NC(=O)C(C)S(=O)Cc2csc(C(C)C)n2)no1. The van der Waals surface area contributed by atoms with E-state index in [1.54, 1.807) is 31.3 Å². The van der Waals surface area contributed by atoms with Gasteiger partial charge in [0.1, 0.15) is 11.0 Å². The van der Waals surface area contributed by atoms with E-state index in [2.05, 4.69) is 29.3 Å². The number of carbonyl (C=O) groups excluding carboxylic acids is 1. The van der Waals surface area contributed by atoms with Crippen LogP contribution in [-0.4, -0.2) is 25.5 Å². The molecule has 0 bridgehead atoms. The lowest BCUT2D eigenvalue weighted by molar-refractivity contribution is -0.115. The van der Waals surface area contributed by atoms with Gasteiger partial charge in [0.25, 0.3) is 0 Å². The lowest BCUT2D eigenvalue weighted by Crippen LogP contribution is -2.29. The monoisotopic (exact) mass is 341 g/mol. The van der Waals surface area contributed by atoms with E-state index in [0.29, 0.717) is 17.5 Å². The molecule has 1 N–H and O–H groups in total. The number of nitrogens with zero attached hydrogens (tertiary/aromatic N) is 2. The van der Waals surface area contributed by atoms with E-state index < -0.39 is 16.0 Å². The Kier molecular flexibility index (Phi) is 5.47. The standard InChI is InChI=1S/C14H19N3O3S2/c1-8(2)14-15-11(6-21-14)7-22(19)10(4)13(18)16-12-5-9(3)20-17-12/h5-6,8,10H,7H2,1-4H3,(H,16,17,18). The summed E-state index contributed by atoms with van der Waals surface area (Å²) in [5, 5.41) is 8.55. The number of anilines is 1. The van der Waals surface area contributed by atoms with Crippen LogP contribution in [0.1, 0.15) is 43.2 Å². The summed E-state index contributed by atoms with van der Waals surface area (Å²) in [6.45, 7) is 7.50. The van der Waals surface area contributed by atoms with Crippen LogP contribution in [0.4, 0.5) is 5.82 Å². The van der Waals surface area contributed by atoms with Gasteiger partial charge in [0.05, 0.1) is 16.5 Å². The van der Waals surface area contributed by atoms with Crippen molar-refractivity contribution in [3.05, 3.63) is 27.9 Å². The summed E-state index contributed by atoms with van der Waals surface area (Å²) in [4.78, 5) is 16.5. The summed E-state index contributed by atoms with van der Waals surface area (Å²) in [7, 11) is -1.34. The molecule has 2 unspecified atom stereocenters. The van der Waals surface area contributed by atoms with Gasteiger partial charge in [-0.05, 0) is 13.8 Å². The molecule has 0 fully saturated rings. The molecule has 0 saturated carbocycles. The van der Waals surface area contributed by atoms with Gasteiger partial charge < -0.3 is 9.84 Å². The molecule has 0 saturated heterocycles. The predicted molar refractivity (Wildman–Crippen MR) is 87.4 cm³/mol. The van der Waals surface area contributed by atoms with Crippen molar-refractivity contribution < 1.29 is 13.5 Å². The van der Waals surface area contributed by atoms with Crippen LogP contribution in [0, 0.1) is 6.92 Å². The molecule has 0 aliphatic heterocycles. The molecular formula is C14H19N3O3S2. The number of rotatable bonds is 6. The Hall–Kier alpha value is -1.54. The second-order valence-corrected chi connectivity index (χ2v) is 7.96. The van der Waals surface area contributed by atoms with Crippen LogP contribution >= 0.6 is 11.3 Å². The molecule has 1 amide bonds. The first-order valence-corrected chi connectivity index (χ1v) is 9.18. The summed E-state index contributed by atoms with van der Waals surface area (Å²) in [5.74, 6) is 1.22. The molecule has 0 aliphatic rings. The third kappa shape index (κ3) is 4.23. The molecule has 6 nitrogen and oxygen atoms in total. The van der Waals surface area contributed by atoms with Crippen molar-refractivity contribution in [3.63, 3.8) is 0 Å². The van der Waals surface area contributed by atoms with E-state index in [1.807, 2.05) is 5.38 Å². The van der Waals surface area contributed by atoms with Gasteiger partial charge in [-0.2, -0.15) is 0 Å². The summed E-state index contributed by atoms with van der Waals surface area (Å²) in [6, 6.07) is 1.61. The summed E-state index contributed by atoms with van der Waals surface area (Å²) in [6.07, 6.45) is 0. The predicted octanol–water partition coefficient (Wildman–Crippen LogP) is 2.84. The van der Waals surface area contributed by atoms with Gasteiger partial charge in [-0.1, -0.05) is 19.0 Å². The summed E-state index contributed by atoms with van der Waals surface area (Å²) >= 11 is 1.56. The van der Waals surface area contributed by atoms with E-state index in [1.165, 1.54) is 0 Å². The molecule has 2 rings (SSSR count). The highest BCUT2D eigenvalue weighted by Crippen LogP contribution is 2.20. The Balaban J connectivity index is 1.94.